The zero-order chi connectivity index (χ0) is 11.3. The average Bonchev–Trinajstić information content (AvgIpc) is 2.20. The molecule has 0 saturated heterocycles. The zero-order valence-corrected chi connectivity index (χ0v) is 7.98. The van der Waals surface area contributed by atoms with Gasteiger partial charge >= 0.3 is 5.97 Å². The zero-order valence-electron chi connectivity index (χ0n) is 7.98. The maximum Gasteiger partial charge on any atom is 0.307 e. The third kappa shape index (κ3) is 3.52. The smallest absolute Gasteiger partial charge is 0.307 e. The van der Waals surface area contributed by atoms with Gasteiger partial charge in [0.15, 0.2) is 0 Å². The van der Waals surface area contributed by atoms with Gasteiger partial charge in [-0.05, 0) is 11.6 Å². The Labute approximate surface area is 86.5 Å². The molecule has 3 nitrogen and oxygen atoms in total. The van der Waals surface area contributed by atoms with Crippen molar-refractivity contribution in [1.29, 1.82) is 0 Å². The summed E-state index contributed by atoms with van der Waals surface area (Å²) in [6.07, 6.45) is 2.64. The molecule has 1 rings (SSSR count). The number of carbonyl (C=O) groups is 1. The Morgan fingerprint density at radius 1 is 1.47 bits per heavy atom. The second-order valence-electron chi connectivity index (χ2n) is 3.01. The summed E-state index contributed by atoms with van der Waals surface area (Å²) in [4.78, 5) is 10.2. The van der Waals surface area contributed by atoms with Crippen LogP contribution in [0.2, 0.25) is 0 Å². The van der Waals surface area contributed by atoms with Crippen LogP contribution in [0.5, 0.6) is 0 Å². The molecule has 0 fully saturated rings. The molecule has 1 aromatic carbocycles. The Balaban J connectivity index is 2.78. The molecule has 0 spiro atoms. The van der Waals surface area contributed by atoms with Gasteiger partial charge in [-0.25, -0.2) is 4.39 Å². The highest BCUT2D eigenvalue weighted by atomic mass is 19.1. The fourth-order valence-corrected chi connectivity index (χ4v) is 1.09. The van der Waals surface area contributed by atoms with Gasteiger partial charge in [0.05, 0.1) is 13.0 Å². The van der Waals surface area contributed by atoms with Crippen LogP contribution in [-0.4, -0.2) is 16.2 Å². The van der Waals surface area contributed by atoms with Crippen molar-refractivity contribution in [2.45, 2.75) is 13.0 Å². The quantitative estimate of drug-likeness (QED) is 0.796. The normalized spacial score (nSPS) is 10.8. The van der Waals surface area contributed by atoms with Crippen molar-refractivity contribution in [3.05, 3.63) is 41.2 Å². The molecule has 0 atom stereocenters. The molecule has 0 aliphatic carbocycles. The van der Waals surface area contributed by atoms with Gasteiger partial charge in [0.1, 0.15) is 5.82 Å². The Kier molecular flexibility index (Phi) is 4.00. The van der Waals surface area contributed by atoms with Gasteiger partial charge in [-0.3, -0.25) is 4.79 Å². The van der Waals surface area contributed by atoms with Gasteiger partial charge in [0, 0.05) is 5.56 Å². The van der Waals surface area contributed by atoms with Gasteiger partial charge in [-0.15, -0.1) is 0 Å². The molecule has 2 N–H and O–H groups in total. The van der Waals surface area contributed by atoms with E-state index in [1.54, 1.807) is 6.07 Å². The second-order valence-corrected chi connectivity index (χ2v) is 3.01. The highest BCUT2D eigenvalue weighted by molar-refractivity contribution is 5.70. The minimum atomic E-state index is -0.960. The number of benzene rings is 1. The highest BCUT2D eigenvalue weighted by Crippen LogP contribution is 2.12. The summed E-state index contributed by atoms with van der Waals surface area (Å²) >= 11 is 0. The lowest BCUT2D eigenvalue weighted by atomic mass is 10.1. The summed E-state index contributed by atoms with van der Waals surface area (Å²) in [7, 11) is 0. The Morgan fingerprint density at radius 3 is 2.73 bits per heavy atom. The summed E-state index contributed by atoms with van der Waals surface area (Å²) in [5, 5.41) is 17.1. The van der Waals surface area contributed by atoms with E-state index in [1.807, 2.05) is 0 Å². The predicted molar refractivity (Wildman–Crippen MR) is 53.6 cm³/mol. The van der Waals surface area contributed by atoms with E-state index in [4.69, 9.17) is 10.2 Å². The first-order valence-electron chi connectivity index (χ1n) is 4.41. The van der Waals surface area contributed by atoms with Crippen LogP contribution >= 0.6 is 0 Å². The molecule has 0 bridgehead atoms. The lowest BCUT2D eigenvalue weighted by Gasteiger charge is -1.99. The van der Waals surface area contributed by atoms with Crippen LogP contribution in [0.1, 0.15) is 17.5 Å². The fourth-order valence-electron chi connectivity index (χ4n) is 1.09. The van der Waals surface area contributed by atoms with Gasteiger partial charge in [-0.2, -0.15) is 0 Å². The Hall–Kier alpha value is -1.68. The van der Waals surface area contributed by atoms with E-state index >= 15 is 0 Å². The number of carboxylic acids is 1. The average molecular weight is 210 g/mol. The molecule has 15 heavy (non-hydrogen) atoms. The van der Waals surface area contributed by atoms with E-state index in [0.29, 0.717) is 11.1 Å². The van der Waals surface area contributed by atoms with E-state index in [1.165, 1.54) is 24.3 Å². The van der Waals surface area contributed by atoms with E-state index in [9.17, 15) is 9.18 Å². The number of aliphatic hydroxyl groups excluding tert-OH is 1. The van der Waals surface area contributed by atoms with Crippen LogP contribution in [-0.2, 0) is 11.4 Å². The lowest BCUT2D eigenvalue weighted by Crippen LogP contribution is -1.91. The molecule has 0 amide bonds. The Bertz CT molecular complexity index is 385. The molecular formula is C11H11FO3. The molecule has 4 heteroatoms. The van der Waals surface area contributed by atoms with Gasteiger partial charge < -0.3 is 10.2 Å². The Morgan fingerprint density at radius 2 is 2.20 bits per heavy atom. The van der Waals surface area contributed by atoms with E-state index < -0.39 is 11.8 Å². The van der Waals surface area contributed by atoms with Gasteiger partial charge in [-0.1, -0.05) is 24.3 Å². The predicted octanol–water partition coefficient (Wildman–Crippen LogP) is 1.81. The van der Waals surface area contributed by atoms with Crippen molar-refractivity contribution < 1.29 is 19.4 Å². The molecule has 0 radical (unpaired) electrons. The van der Waals surface area contributed by atoms with E-state index in [2.05, 4.69) is 0 Å². The number of hydrogen-bond acceptors (Lipinski definition) is 2. The van der Waals surface area contributed by atoms with Crippen LogP contribution in [0, 0.1) is 5.82 Å². The number of aliphatic hydroxyl groups is 1. The lowest BCUT2D eigenvalue weighted by molar-refractivity contribution is -0.135. The van der Waals surface area contributed by atoms with Gasteiger partial charge in [0.25, 0.3) is 0 Å². The third-order valence-electron chi connectivity index (χ3n) is 1.84. The molecule has 0 saturated carbocycles. The molecule has 80 valence electrons. The molecule has 0 aliphatic heterocycles. The SMILES string of the molecule is O=C(O)CC=Cc1ccc(CO)cc1F. The summed E-state index contributed by atoms with van der Waals surface area (Å²) in [6.45, 7) is -0.212. The van der Waals surface area contributed by atoms with Gasteiger partial charge in [0.2, 0.25) is 0 Å². The van der Waals surface area contributed by atoms with Crippen molar-refractivity contribution in [2.24, 2.45) is 0 Å². The maximum absolute atomic E-state index is 13.3. The van der Waals surface area contributed by atoms with E-state index in [-0.39, 0.29) is 13.0 Å². The monoisotopic (exact) mass is 210 g/mol. The molecule has 1 aromatic rings. The summed E-state index contributed by atoms with van der Waals surface area (Å²) in [6, 6.07) is 4.31. The van der Waals surface area contributed by atoms with Crippen molar-refractivity contribution in [1.82, 2.24) is 0 Å². The third-order valence-corrected chi connectivity index (χ3v) is 1.84. The molecule has 0 heterocycles. The van der Waals surface area contributed by atoms with E-state index in [0.717, 1.165) is 0 Å². The minimum Gasteiger partial charge on any atom is -0.481 e. The second kappa shape index (κ2) is 5.26. The first kappa shape index (κ1) is 11.4. The number of rotatable bonds is 4. The van der Waals surface area contributed by atoms with Crippen LogP contribution in [0.15, 0.2) is 24.3 Å². The number of hydrogen-bond donors (Lipinski definition) is 2. The van der Waals surface area contributed by atoms with Crippen LogP contribution in [0.3, 0.4) is 0 Å². The van der Waals surface area contributed by atoms with Crippen molar-refractivity contribution >= 4 is 12.0 Å². The standard InChI is InChI=1S/C11H11FO3/c12-10-6-8(7-13)4-5-9(10)2-1-3-11(14)15/h1-2,4-6,13H,3,7H2,(H,14,15). The van der Waals surface area contributed by atoms with Crippen LogP contribution in [0.25, 0.3) is 6.08 Å². The van der Waals surface area contributed by atoms with Crippen molar-refractivity contribution in [2.75, 3.05) is 0 Å². The highest BCUT2D eigenvalue weighted by Gasteiger charge is 2.00. The molecule has 0 aliphatic rings. The largest absolute Gasteiger partial charge is 0.481 e. The summed E-state index contributed by atoms with van der Waals surface area (Å²) < 4.78 is 13.3. The van der Waals surface area contributed by atoms with Crippen LogP contribution < -0.4 is 0 Å². The fraction of sp³-hybridized carbons (Fsp3) is 0.182. The molecular weight excluding hydrogens is 199 g/mol. The summed E-state index contributed by atoms with van der Waals surface area (Å²) in [5.41, 5.74) is 0.802. The molecule has 0 unspecified atom stereocenters. The minimum absolute atomic E-state index is 0.138. The summed E-state index contributed by atoms with van der Waals surface area (Å²) in [5.74, 6) is -1.43. The number of aliphatic carboxylic acids is 1. The first-order valence-corrected chi connectivity index (χ1v) is 4.41. The number of halogens is 1. The van der Waals surface area contributed by atoms with Crippen molar-refractivity contribution in [3.63, 3.8) is 0 Å². The molecule has 0 aromatic heterocycles. The van der Waals surface area contributed by atoms with Crippen LogP contribution in [0.4, 0.5) is 4.39 Å². The first-order chi connectivity index (χ1) is 7.13. The maximum atomic E-state index is 13.3. The topological polar surface area (TPSA) is 57.5 Å². The van der Waals surface area contributed by atoms with Crippen molar-refractivity contribution in [3.8, 4) is 0 Å². The number of carboxylic acid groups (broad SMARTS) is 1.